The fourth-order valence-electron chi connectivity index (χ4n) is 1.75. The van der Waals surface area contributed by atoms with Gasteiger partial charge in [-0.05, 0) is 25.0 Å². The van der Waals surface area contributed by atoms with Crippen LogP contribution in [0.2, 0.25) is 0 Å². The summed E-state index contributed by atoms with van der Waals surface area (Å²) in [6, 6.07) is 5.06. The van der Waals surface area contributed by atoms with Crippen LogP contribution in [0.5, 0.6) is 0 Å². The number of hydrogen-bond acceptors (Lipinski definition) is 3. The van der Waals surface area contributed by atoms with Gasteiger partial charge in [0.2, 0.25) is 0 Å². The molecule has 5 heteroatoms. The van der Waals surface area contributed by atoms with Crippen molar-refractivity contribution in [2.75, 3.05) is 13.7 Å². The quantitative estimate of drug-likeness (QED) is 0.798. The Morgan fingerprint density at radius 1 is 1.53 bits per heavy atom. The van der Waals surface area contributed by atoms with E-state index in [0.29, 0.717) is 12.3 Å². The van der Waals surface area contributed by atoms with Crippen LogP contribution >= 0.6 is 0 Å². The van der Waals surface area contributed by atoms with Gasteiger partial charge in [-0.25, -0.2) is 9.78 Å². The number of carboxylic acid groups (broad SMARTS) is 1. The first kappa shape index (κ1) is 11.6. The lowest BCUT2D eigenvalue weighted by Gasteiger charge is -1.98. The summed E-state index contributed by atoms with van der Waals surface area (Å²) < 4.78 is 6.57. The predicted molar refractivity (Wildman–Crippen MR) is 62.3 cm³/mol. The number of aromatic carboxylic acids is 1. The minimum absolute atomic E-state index is 0.230. The molecule has 0 amide bonds. The van der Waals surface area contributed by atoms with Crippen molar-refractivity contribution in [3.63, 3.8) is 0 Å². The molecule has 2 rings (SSSR count). The highest BCUT2D eigenvalue weighted by Gasteiger charge is 2.09. The fraction of sp³-hybridized carbons (Fsp3) is 0.333. The lowest BCUT2D eigenvalue weighted by Crippen LogP contribution is -2.03. The summed E-state index contributed by atoms with van der Waals surface area (Å²) >= 11 is 0. The highest BCUT2D eigenvalue weighted by Crippen LogP contribution is 2.10. The number of aryl methyl sites for hydroxylation is 1. The number of rotatable bonds is 5. The van der Waals surface area contributed by atoms with E-state index in [2.05, 4.69) is 4.98 Å². The van der Waals surface area contributed by atoms with Gasteiger partial charge < -0.3 is 9.84 Å². The molecule has 90 valence electrons. The first-order valence-corrected chi connectivity index (χ1v) is 5.41. The molecule has 2 aromatic rings. The van der Waals surface area contributed by atoms with Gasteiger partial charge in [-0.15, -0.1) is 0 Å². The number of carboxylic acids is 1. The van der Waals surface area contributed by atoms with Gasteiger partial charge in [-0.1, -0.05) is 6.07 Å². The Balaban J connectivity index is 2.30. The van der Waals surface area contributed by atoms with Crippen LogP contribution in [0.15, 0.2) is 24.4 Å². The zero-order valence-electron chi connectivity index (χ0n) is 9.59. The lowest BCUT2D eigenvalue weighted by molar-refractivity contribution is 0.0689. The number of methoxy groups -OCH3 is 1. The van der Waals surface area contributed by atoms with Crippen molar-refractivity contribution in [2.45, 2.75) is 12.8 Å². The summed E-state index contributed by atoms with van der Waals surface area (Å²) in [7, 11) is 1.66. The first-order chi connectivity index (χ1) is 8.22. The van der Waals surface area contributed by atoms with Crippen molar-refractivity contribution >= 4 is 11.6 Å². The highest BCUT2D eigenvalue weighted by molar-refractivity contribution is 5.86. The van der Waals surface area contributed by atoms with Crippen molar-refractivity contribution in [3.8, 4) is 0 Å². The van der Waals surface area contributed by atoms with Crippen LogP contribution < -0.4 is 0 Å². The maximum atomic E-state index is 11.0. The molecule has 0 radical (unpaired) electrons. The number of imidazole rings is 1. The molecule has 0 aliphatic carbocycles. The monoisotopic (exact) mass is 234 g/mol. The van der Waals surface area contributed by atoms with Crippen LogP contribution in [-0.2, 0) is 11.2 Å². The summed E-state index contributed by atoms with van der Waals surface area (Å²) in [4.78, 5) is 15.4. The maximum absolute atomic E-state index is 11.0. The molecule has 0 saturated carbocycles. The van der Waals surface area contributed by atoms with E-state index in [4.69, 9.17) is 9.84 Å². The second-order valence-electron chi connectivity index (χ2n) is 3.77. The van der Waals surface area contributed by atoms with Crippen LogP contribution in [-0.4, -0.2) is 34.2 Å². The number of fused-ring (bicyclic) bond motifs is 1. The van der Waals surface area contributed by atoms with E-state index >= 15 is 0 Å². The average molecular weight is 234 g/mol. The molecule has 5 nitrogen and oxygen atoms in total. The van der Waals surface area contributed by atoms with Gasteiger partial charge in [0.25, 0.3) is 0 Å². The van der Waals surface area contributed by atoms with Gasteiger partial charge in [-0.2, -0.15) is 0 Å². The van der Waals surface area contributed by atoms with Crippen LogP contribution in [0.1, 0.15) is 22.6 Å². The van der Waals surface area contributed by atoms with Crippen LogP contribution in [0.3, 0.4) is 0 Å². The summed E-state index contributed by atoms with van der Waals surface area (Å²) in [5.41, 5.74) is 1.78. The molecule has 2 aromatic heterocycles. The third kappa shape index (κ3) is 2.45. The van der Waals surface area contributed by atoms with Gasteiger partial charge in [0.05, 0.1) is 5.69 Å². The van der Waals surface area contributed by atoms with Gasteiger partial charge in [0.1, 0.15) is 11.3 Å². The predicted octanol–water partition coefficient (Wildman–Crippen LogP) is 1.61. The minimum Gasteiger partial charge on any atom is -0.477 e. The minimum atomic E-state index is -0.948. The van der Waals surface area contributed by atoms with Gasteiger partial charge in [0.15, 0.2) is 0 Å². The van der Waals surface area contributed by atoms with Gasteiger partial charge in [-0.3, -0.25) is 4.40 Å². The maximum Gasteiger partial charge on any atom is 0.352 e. The Labute approximate surface area is 98.7 Å². The first-order valence-electron chi connectivity index (χ1n) is 5.41. The van der Waals surface area contributed by atoms with Crippen molar-refractivity contribution in [1.29, 1.82) is 0 Å². The molecule has 0 aliphatic rings. The normalized spacial score (nSPS) is 10.9. The summed E-state index contributed by atoms with van der Waals surface area (Å²) in [6.07, 6.45) is 3.44. The van der Waals surface area contributed by atoms with Crippen LogP contribution in [0.25, 0.3) is 5.65 Å². The number of aromatic nitrogens is 2. The number of nitrogens with zero attached hydrogens (tertiary/aromatic N) is 2. The van der Waals surface area contributed by atoms with Crippen molar-refractivity contribution in [3.05, 3.63) is 35.8 Å². The summed E-state index contributed by atoms with van der Waals surface area (Å²) in [5, 5.41) is 9.04. The summed E-state index contributed by atoms with van der Waals surface area (Å²) in [5.74, 6) is -0.948. The van der Waals surface area contributed by atoms with Gasteiger partial charge >= 0.3 is 5.97 Å². The van der Waals surface area contributed by atoms with E-state index < -0.39 is 5.97 Å². The van der Waals surface area contributed by atoms with Crippen molar-refractivity contribution in [1.82, 2.24) is 9.38 Å². The molecular formula is C12H14N2O3. The number of ether oxygens (including phenoxy) is 1. The highest BCUT2D eigenvalue weighted by atomic mass is 16.5. The molecular weight excluding hydrogens is 220 g/mol. The standard InChI is InChI=1S/C12H14N2O3/c1-17-7-3-4-9-8-14-10(12(15)16)5-2-6-11(14)13-9/h2,5-6,8H,3-4,7H2,1H3,(H,15,16). The Morgan fingerprint density at radius 2 is 2.35 bits per heavy atom. The van der Waals surface area contributed by atoms with Gasteiger partial charge in [0, 0.05) is 19.9 Å². The Kier molecular flexibility index (Phi) is 3.39. The summed E-state index contributed by atoms with van der Waals surface area (Å²) in [6.45, 7) is 0.680. The van der Waals surface area contributed by atoms with E-state index in [1.807, 2.05) is 0 Å². The molecule has 0 aromatic carbocycles. The zero-order chi connectivity index (χ0) is 12.3. The molecule has 2 heterocycles. The smallest absolute Gasteiger partial charge is 0.352 e. The molecule has 0 unspecified atom stereocenters. The molecule has 0 spiro atoms. The van der Waals surface area contributed by atoms with Crippen molar-refractivity contribution < 1.29 is 14.6 Å². The molecule has 1 N–H and O–H groups in total. The van der Waals surface area contributed by atoms with Crippen LogP contribution in [0, 0.1) is 0 Å². The van der Waals surface area contributed by atoms with E-state index in [1.165, 1.54) is 0 Å². The fourth-order valence-corrected chi connectivity index (χ4v) is 1.75. The van der Waals surface area contributed by atoms with E-state index in [1.54, 1.807) is 35.9 Å². The molecule has 17 heavy (non-hydrogen) atoms. The second-order valence-corrected chi connectivity index (χ2v) is 3.77. The Hall–Kier alpha value is -1.88. The lowest BCUT2D eigenvalue weighted by atomic mass is 10.2. The van der Waals surface area contributed by atoms with Crippen LogP contribution in [0.4, 0.5) is 0 Å². The zero-order valence-corrected chi connectivity index (χ0v) is 9.59. The molecule has 0 fully saturated rings. The van der Waals surface area contributed by atoms with E-state index in [9.17, 15) is 4.79 Å². The number of hydrogen-bond donors (Lipinski definition) is 1. The Morgan fingerprint density at radius 3 is 3.06 bits per heavy atom. The third-order valence-corrected chi connectivity index (χ3v) is 2.54. The Bertz CT molecular complexity index is 534. The van der Waals surface area contributed by atoms with E-state index in [0.717, 1.165) is 18.5 Å². The second kappa shape index (κ2) is 4.97. The molecule has 0 atom stereocenters. The number of pyridine rings is 1. The largest absolute Gasteiger partial charge is 0.477 e. The van der Waals surface area contributed by atoms with E-state index in [-0.39, 0.29) is 5.69 Å². The van der Waals surface area contributed by atoms with Crippen molar-refractivity contribution in [2.24, 2.45) is 0 Å². The third-order valence-electron chi connectivity index (χ3n) is 2.54. The molecule has 0 aliphatic heterocycles. The topological polar surface area (TPSA) is 63.8 Å². The molecule has 0 saturated heterocycles. The molecule has 0 bridgehead atoms. The SMILES string of the molecule is COCCCc1cn2c(C(=O)O)cccc2n1. The number of carbonyl (C=O) groups is 1. The average Bonchev–Trinajstić information content (AvgIpc) is 2.71.